The lowest BCUT2D eigenvalue weighted by Gasteiger charge is -2.11. The molecule has 3 rings (SSSR count). The van der Waals surface area contributed by atoms with E-state index in [4.69, 9.17) is 12.2 Å². The Hall–Kier alpha value is -1.72. The fourth-order valence-electron chi connectivity index (χ4n) is 2.30. The van der Waals surface area contributed by atoms with Crippen molar-refractivity contribution in [3.05, 3.63) is 52.1 Å². The van der Waals surface area contributed by atoms with E-state index in [0.717, 1.165) is 29.2 Å². The van der Waals surface area contributed by atoms with Crippen molar-refractivity contribution >= 4 is 23.6 Å². The van der Waals surface area contributed by atoms with Crippen LogP contribution in [0.2, 0.25) is 0 Å². The number of benzene rings is 1. The predicted octanol–water partition coefficient (Wildman–Crippen LogP) is 4.61. The molecule has 2 aromatic heterocycles. The van der Waals surface area contributed by atoms with E-state index in [2.05, 4.69) is 46.8 Å². The Balaban J connectivity index is 2.21. The zero-order valence-corrected chi connectivity index (χ0v) is 12.8. The van der Waals surface area contributed by atoms with Gasteiger partial charge in [0, 0.05) is 0 Å². The first-order chi connectivity index (χ1) is 9.81. The standard InChI is InChI=1S/C15H15N3S2/c1-2-6-11-7-3-4-8-12(11)18-14(16-17-15(18)19)13-9-5-10-20-13/h3-5,7-10H,2,6H2,1H3,(H,17,19). The monoisotopic (exact) mass is 301 g/mol. The third-order valence-corrected chi connectivity index (χ3v) is 4.31. The van der Waals surface area contributed by atoms with E-state index in [9.17, 15) is 0 Å². The van der Waals surface area contributed by atoms with Crippen LogP contribution < -0.4 is 0 Å². The first-order valence-corrected chi connectivity index (χ1v) is 7.89. The van der Waals surface area contributed by atoms with Crippen molar-refractivity contribution in [2.75, 3.05) is 0 Å². The topological polar surface area (TPSA) is 33.6 Å². The number of thiophene rings is 1. The molecule has 0 aliphatic heterocycles. The van der Waals surface area contributed by atoms with E-state index < -0.39 is 0 Å². The summed E-state index contributed by atoms with van der Waals surface area (Å²) in [7, 11) is 0. The number of aryl methyl sites for hydroxylation is 1. The second-order valence-electron chi connectivity index (χ2n) is 4.54. The zero-order chi connectivity index (χ0) is 13.9. The van der Waals surface area contributed by atoms with Crippen LogP contribution in [-0.2, 0) is 6.42 Å². The van der Waals surface area contributed by atoms with Crippen LogP contribution in [-0.4, -0.2) is 14.8 Å². The average molecular weight is 301 g/mol. The number of hydrogen-bond donors (Lipinski definition) is 1. The molecule has 20 heavy (non-hydrogen) atoms. The number of hydrogen-bond acceptors (Lipinski definition) is 3. The van der Waals surface area contributed by atoms with E-state index in [1.807, 2.05) is 16.7 Å². The highest BCUT2D eigenvalue weighted by Gasteiger charge is 2.13. The van der Waals surface area contributed by atoms with Crippen LogP contribution in [0.3, 0.4) is 0 Å². The molecule has 0 spiro atoms. The molecule has 0 saturated carbocycles. The fourth-order valence-corrected chi connectivity index (χ4v) is 3.23. The molecule has 1 aromatic carbocycles. The van der Waals surface area contributed by atoms with Gasteiger partial charge in [0.05, 0.1) is 10.6 Å². The van der Waals surface area contributed by atoms with Gasteiger partial charge in [0.2, 0.25) is 0 Å². The number of rotatable bonds is 4. The highest BCUT2D eigenvalue weighted by molar-refractivity contribution is 7.71. The van der Waals surface area contributed by atoms with Crippen LogP contribution in [0.15, 0.2) is 41.8 Å². The molecule has 5 heteroatoms. The molecule has 0 saturated heterocycles. The van der Waals surface area contributed by atoms with E-state index in [1.54, 1.807) is 11.3 Å². The zero-order valence-electron chi connectivity index (χ0n) is 11.2. The van der Waals surface area contributed by atoms with E-state index in [-0.39, 0.29) is 0 Å². The van der Waals surface area contributed by atoms with Crippen LogP contribution >= 0.6 is 23.6 Å². The van der Waals surface area contributed by atoms with Crippen molar-refractivity contribution in [2.24, 2.45) is 0 Å². The number of para-hydroxylation sites is 1. The van der Waals surface area contributed by atoms with Gasteiger partial charge in [-0.3, -0.25) is 9.67 Å². The van der Waals surface area contributed by atoms with Gasteiger partial charge >= 0.3 is 0 Å². The highest BCUT2D eigenvalue weighted by Crippen LogP contribution is 2.27. The Morgan fingerprint density at radius 1 is 1.25 bits per heavy atom. The number of H-pyrrole nitrogens is 1. The minimum absolute atomic E-state index is 0.636. The lowest BCUT2D eigenvalue weighted by Crippen LogP contribution is -2.01. The van der Waals surface area contributed by atoms with Crippen molar-refractivity contribution in [3.8, 4) is 16.4 Å². The third-order valence-electron chi connectivity index (χ3n) is 3.17. The van der Waals surface area contributed by atoms with Crippen molar-refractivity contribution in [2.45, 2.75) is 19.8 Å². The molecule has 0 unspecified atom stereocenters. The minimum Gasteiger partial charge on any atom is -0.267 e. The number of nitrogens with one attached hydrogen (secondary N) is 1. The molecule has 0 radical (unpaired) electrons. The predicted molar refractivity (Wildman–Crippen MR) is 86.1 cm³/mol. The molecular weight excluding hydrogens is 286 g/mol. The Morgan fingerprint density at radius 3 is 2.85 bits per heavy atom. The maximum atomic E-state index is 5.42. The van der Waals surface area contributed by atoms with Crippen LogP contribution in [0, 0.1) is 4.77 Å². The van der Waals surface area contributed by atoms with Gasteiger partial charge < -0.3 is 0 Å². The van der Waals surface area contributed by atoms with Crippen LogP contribution in [0.4, 0.5) is 0 Å². The van der Waals surface area contributed by atoms with E-state index in [1.165, 1.54) is 5.56 Å². The average Bonchev–Trinajstić information content (AvgIpc) is 3.09. The molecule has 102 valence electrons. The minimum atomic E-state index is 0.636. The maximum Gasteiger partial charge on any atom is 0.200 e. The summed E-state index contributed by atoms with van der Waals surface area (Å²) in [4.78, 5) is 1.11. The molecule has 0 fully saturated rings. The van der Waals surface area contributed by atoms with Crippen LogP contribution in [0.25, 0.3) is 16.4 Å². The highest BCUT2D eigenvalue weighted by atomic mass is 32.1. The maximum absolute atomic E-state index is 5.42. The fraction of sp³-hybridized carbons (Fsp3) is 0.200. The molecule has 1 N–H and O–H groups in total. The summed E-state index contributed by atoms with van der Waals surface area (Å²) in [5, 5.41) is 9.36. The molecule has 0 bridgehead atoms. The Bertz CT molecular complexity index is 754. The Kier molecular flexibility index (Phi) is 3.80. The van der Waals surface area contributed by atoms with Gasteiger partial charge in [-0.1, -0.05) is 37.6 Å². The Morgan fingerprint density at radius 2 is 2.10 bits per heavy atom. The van der Waals surface area contributed by atoms with Gasteiger partial charge in [0.15, 0.2) is 10.6 Å². The molecule has 3 aromatic rings. The van der Waals surface area contributed by atoms with Gasteiger partial charge in [0.1, 0.15) is 0 Å². The largest absolute Gasteiger partial charge is 0.267 e. The van der Waals surface area contributed by atoms with Crippen molar-refractivity contribution in [1.82, 2.24) is 14.8 Å². The van der Waals surface area contributed by atoms with Crippen molar-refractivity contribution in [3.63, 3.8) is 0 Å². The van der Waals surface area contributed by atoms with Crippen molar-refractivity contribution in [1.29, 1.82) is 0 Å². The summed E-state index contributed by atoms with van der Waals surface area (Å²) in [6, 6.07) is 12.5. The van der Waals surface area contributed by atoms with E-state index >= 15 is 0 Å². The van der Waals surface area contributed by atoms with Crippen molar-refractivity contribution < 1.29 is 0 Å². The Labute approximate surface area is 126 Å². The summed E-state index contributed by atoms with van der Waals surface area (Å²) in [6.45, 7) is 2.19. The quantitative estimate of drug-likeness (QED) is 0.714. The summed E-state index contributed by atoms with van der Waals surface area (Å²) in [5.74, 6) is 0.883. The number of aromatic nitrogens is 3. The van der Waals surface area contributed by atoms with Gasteiger partial charge in [-0.05, 0) is 41.7 Å². The van der Waals surface area contributed by atoms with Gasteiger partial charge in [0.25, 0.3) is 0 Å². The molecule has 0 atom stereocenters. The molecular formula is C15H15N3S2. The molecule has 0 aliphatic carbocycles. The van der Waals surface area contributed by atoms with Gasteiger partial charge in [-0.2, -0.15) is 5.10 Å². The number of aromatic amines is 1. The molecule has 2 heterocycles. The molecule has 3 nitrogen and oxygen atoms in total. The lowest BCUT2D eigenvalue weighted by molar-refractivity contribution is 0.897. The summed E-state index contributed by atoms with van der Waals surface area (Å²) >= 11 is 7.09. The SMILES string of the molecule is CCCc1ccccc1-n1c(-c2cccs2)n[nH]c1=S. The van der Waals surface area contributed by atoms with Gasteiger partial charge in [-0.15, -0.1) is 11.3 Å². The van der Waals surface area contributed by atoms with Crippen LogP contribution in [0.1, 0.15) is 18.9 Å². The smallest absolute Gasteiger partial charge is 0.200 e. The number of nitrogens with zero attached hydrogens (tertiary/aromatic N) is 2. The van der Waals surface area contributed by atoms with Gasteiger partial charge in [-0.25, -0.2) is 0 Å². The third kappa shape index (κ3) is 2.34. The summed E-state index contributed by atoms with van der Waals surface area (Å²) < 4.78 is 2.67. The molecule has 0 amide bonds. The second kappa shape index (κ2) is 5.73. The van der Waals surface area contributed by atoms with Crippen LogP contribution in [0.5, 0.6) is 0 Å². The second-order valence-corrected chi connectivity index (χ2v) is 5.88. The lowest BCUT2D eigenvalue weighted by atomic mass is 10.1. The first kappa shape index (κ1) is 13.3. The summed E-state index contributed by atoms with van der Waals surface area (Å²) in [5.41, 5.74) is 2.42. The van der Waals surface area contributed by atoms with E-state index in [0.29, 0.717) is 4.77 Å². The molecule has 0 aliphatic rings. The first-order valence-electron chi connectivity index (χ1n) is 6.61. The normalized spacial score (nSPS) is 10.8. The summed E-state index contributed by atoms with van der Waals surface area (Å²) in [6.07, 6.45) is 2.14.